The lowest BCUT2D eigenvalue weighted by atomic mass is 10.0. The molecular weight excluding hydrogens is 660 g/mol. The van der Waals surface area contributed by atoms with E-state index in [1.807, 2.05) is 4.57 Å². The lowest BCUT2D eigenvalue weighted by Gasteiger charge is -2.29. The number of nitrogens with one attached hydrogen (secondary N) is 2. The molecule has 5 rings (SSSR count). The molecule has 16 heteroatoms. The minimum absolute atomic E-state index is 0.118. The van der Waals surface area contributed by atoms with Crippen molar-refractivity contribution in [3.05, 3.63) is 77.3 Å². The van der Waals surface area contributed by atoms with Gasteiger partial charge in [0.15, 0.2) is 11.5 Å². The second kappa shape index (κ2) is 14.7. The van der Waals surface area contributed by atoms with Gasteiger partial charge in [-0.15, -0.1) is 0 Å². The number of nitrogens with zero attached hydrogens (tertiary/aromatic N) is 4. The van der Waals surface area contributed by atoms with Crippen LogP contribution in [0.5, 0.6) is 5.75 Å². The molecule has 2 aromatic carbocycles. The zero-order chi connectivity index (χ0) is 33.8. The van der Waals surface area contributed by atoms with Crippen LogP contribution in [0.1, 0.15) is 51.0 Å². The number of ether oxygens (including phenoxy) is 2. The molecule has 0 saturated carbocycles. The van der Waals surface area contributed by atoms with Crippen LogP contribution in [-0.4, -0.2) is 50.8 Å². The number of hydrogen-bond donors (Lipinski definition) is 2. The predicted molar refractivity (Wildman–Crippen MR) is 171 cm³/mol. The highest BCUT2D eigenvalue weighted by atomic mass is 35.5. The van der Waals surface area contributed by atoms with E-state index in [2.05, 4.69) is 32.3 Å². The number of fused-ring (bicyclic) bond motifs is 1. The smallest absolute Gasteiger partial charge is 0.416 e. The summed E-state index contributed by atoms with van der Waals surface area (Å²) >= 11 is 6.04. The van der Waals surface area contributed by atoms with Gasteiger partial charge in [0.2, 0.25) is 0 Å². The zero-order valence-electron chi connectivity index (χ0n) is 26.1. The largest absolute Gasteiger partial charge is 0.459 e. The van der Waals surface area contributed by atoms with Crippen molar-refractivity contribution in [3.8, 4) is 5.75 Å². The zero-order valence-corrected chi connectivity index (χ0v) is 27.8. The molecule has 0 spiro atoms. The summed E-state index contributed by atoms with van der Waals surface area (Å²) in [4.78, 5) is 26.3. The Morgan fingerprint density at radius 3 is 2.57 bits per heavy atom. The first-order valence-electron chi connectivity index (χ1n) is 14.9. The Hall–Kier alpha value is -3.55. The average Bonchev–Trinajstić information content (AvgIpc) is 3.67. The van der Waals surface area contributed by atoms with Crippen LogP contribution < -0.4 is 14.9 Å². The monoisotopic (exact) mass is 694 g/mol. The van der Waals surface area contributed by atoms with Crippen molar-refractivity contribution in [2.75, 3.05) is 19.0 Å². The van der Waals surface area contributed by atoms with Gasteiger partial charge in [-0.2, -0.15) is 13.2 Å². The molecule has 4 atom stereocenters. The van der Waals surface area contributed by atoms with Gasteiger partial charge in [-0.1, -0.05) is 36.7 Å². The maximum Gasteiger partial charge on any atom is 0.416 e. The molecule has 2 aromatic heterocycles. The quantitative estimate of drug-likeness (QED) is 0.109. The topological polar surface area (TPSA) is 122 Å². The molecule has 0 amide bonds. The van der Waals surface area contributed by atoms with Gasteiger partial charge in [0.1, 0.15) is 36.0 Å². The second-order valence-corrected chi connectivity index (χ2v) is 13.0. The molecule has 3 heterocycles. The molecule has 1 aliphatic rings. The van der Waals surface area contributed by atoms with Crippen LogP contribution >= 0.6 is 20.1 Å². The number of imidazole rings is 1. The number of alkyl halides is 3. The van der Waals surface area contributed by atoms with E-state index < -0.39 is 38.4 Å². The average molecular weight is 695 g/mol. The van der Waals surface area contributed by atoms with Gasteiger partial charge in [0.05, 0.1) is 24.6 Å². The van der Waals surface area contributed by atoms with E-state index >= 15 is 0 Å². The Labute approximate surface area is 276 Å². The Kier molecular flexibility index (Phi) is 10.9. The summed E-state index contributed by atoms with van der Waals surface area (Å²) in [5, 5.41) is 6.59. The molecule has 252 valence electrons. The molecule has 1 aliphatic heterocycles. The fourth-order valence-electron chi connectivity index (χ4n) is 5.15. The maximum atomic E-state index is 13.5. The summed E-state index contributed by atoms with van der Waals surface area (Å²) in [7, 11) is -0.222. The Morgan fingerprint density at radius 1 is 1.13 bits per heavy atom. The van der Waals surface area contributed by atoms with Gasteiger partial charge in [-0.25, -0.2) is 20.0 Å². The van der Waals surface area contributed by atoms with Crippen LogP contribution in [0, 0.1) is 5.92 Å². The number of benzene rings is 2. The number of carbonyl (C=O) groups is 1. The summed E-state index contributed by atoms with van der Waals surface area (Å²) in [5.74, 6) is 0.388. The van der Waals surface area contributed by atoms with Crippen LogP contribution in [0.4, 0.5) is 19.0 Å². The van der Waals surface area contributed by atoms with Gasteiger partial charge in [-0.05, 0) is 57.0 Å². The van der Waals surface area contributed by atoms with Crippen molar-refractivity contribution in [1.29, 1.82) is 0 Å². The Bertz CT molecular complexity index is 1680. The number of rotatable bonds is 13. The van der Waals surface area contributed by atoms with Crippen LogP contribution in [-0.2, 0) is 31.6 Å². The molecule has 4 aromatic rings. The first kappa shape index (κ1) is 34.8. The van der Waals surface area contributed by atoms with Crippen molar-refractivity contribution < 1.29 is 36.5 Å². The number of carbonyl (C=O) groups excluding carboxylic acids is 1. The molecule has 4 unspecified atom stereocenters. The lowest BCUT2D eigenvalue weighted by molar-refractivity contribution is -0.152. The third-order valence-corrected chi connectivity index (χ3v) is 9.39. The minimum Gasteiger partial charge on any atom is -0.459 e. The molecule has 0 aliphatic carbocycles. The van der Waals surface area contributed by atoms with Crippen LogP contribution in [0.15, 0.2) is 61.2 Å². The fraction of sp³-hybridized carbons (Fsp3) is 0.419. The van der Waals surface area contributed by atoms with Crippen LogP contribution in [0.2, 0.25) is 5.02 Å². The van der Waals surface area contributed by atoms with E-state index in [9.17, 15) is 18.0 Å². The molecule has 1 fully saturated rings. The fourth-order valence-corrected chi connectivity index (χ4v) is 6.60. The molecular formula is C31H35ClF3N6O5P. The standard InChI is InChI=1S/C31H35ClF3N6O5P/c1-5-19-14-23(45-28(19)41-18-39-25-26(36-4)37-17-38-27(25)41)16-44-47(46-22-12-10-21(32)11-13-22)40-30(2,3)29(42)43-15-20-8-6-7-9-24(20)31(33,34)35/h6-13,17-19,23,28,40H,5,14-16H2,1-4H3,(H,36,37,38). The summed E-state index contributed by atoms with van der Waals surface area (Å²) in [5.41, 5.74) is -1.15. The number of hydrogen-bond acceptors (Lipinski definition) is 10. The van der Waals surface area contributed by atoms with E-state index in [0.717, 1.165) is 12.5 Å². The highest BCUT2D eigenvalue weighted by molar-refractivity contribution is 7.45. The lowest BCUT2D eigenvalue weighted by Crippen LogP contribution is -2.46. The molecule has 0 radical (unpaired) electrons. The molecule has 0 bridgehead atoms. The molecule has 2 N–H and O–H groups in total. The van der Waals surface area contributed by atoms with Crippen molar-refractivity contribution in [3.63, 3.8) is 0 Å². The first-order chi connectivity index (χ1) is 22.4. The molecule has 1 saturated heterocycles. The normalized spacial score (nSPS) is 19.1. The number of halogens is 4. The first-order valence-corrected chi connectivity index (χ1v) is 16.4. The molecule has 47 heavy (non-hydrogen) atoms. The minimum atomic E-state index is -4.59. The van der Waals surface area contributed by atoms with Crippen molar-refractivity contribution in [2.24, 2.45) is 5.92 Å². The van der Waals surface area contributed by atoms with Crippen molar-refractivity contribution >= 4 is 43.1 Å². The van der Waals surface area contributed by atoms with Gasteiger partial charge < -0.3 is 23.8 Å². The van der Waals surface area contributed by atoms with Crippen LogP contribution in [0.25, 0.3) is 11.2 Å². The summed E-state index contributed by atoms with van der Waals surface area (Å²) < 4.78 is 66.4. The highest BCUT2D eigenvalue weighted by Gasteiger charge is 2.39. The molecule has 11 nitrogen and oxygen atoms in total. The summed E-state index contributed by atoms with van der Waals surface area (Å²) in [6, 6.07) is 11.6. The SMILES string of the molecule is CCC1CC(COP(NC(C)(C)C(=O)OCc2ccccc2C(F)(F)F)Oc2ccc(Cl)cc2)OC1n1cnc2c(NC)ncnc21. The van der Waals surface area contributed by atoms with E-state index in [1.165, 1.54) is 38.4 Å². The predicted octanol–water partition coefficient (Wildman–Crippen LogP) is 7.29. The van der Waals surface area contributed by atoms with E-state index in [-0.39, 0.29) is 30.4 Å². The van der Waals surface area contributed by atoms with E-state index in [1.54, 1.807) is 37.6 Å². The number of aromatic nitrogens is 4. The van der Waals surface area contributed by atoms with E-state index in [0.29, 0.717) is 34.2 Å². The third-order valence-electron chi connectivity index (χ3n) is 7.64. The third kappa shape index (κ3) is 8.31. The number of esters is 1. The van der Waals surface area contributed by atoms with Crippen LogP contribution in [0.3, 0.4) is 0 Å². The van der Waals surface area contributed by atoms with Crippen molar-refractivity contribution in [2.45, 2.75) is 64.3 Å². The van der Waals surface area contributed by atoms with Gasteiger partial charge in [0, 0.05) is 23.6 Å². The van der Waals surface area contributed by atoms with Gasteiger partial charge in [0.25, 0.3) is 0 Å². The summed E-state index contributed by atoms with van der Waals surface area (Å²) in [6.45, 7) is 4.71. The van der Waals surface area contributed by atoms with Gasteiger partial charge in [-0.3, -0.25) is 9.36 Å². The Balaban J connectivity index is 1.28. The number of anilines is 1. The summed E-state index contributed by atoms with van der Waals surface area (Å²) in [6.07, 6.45) is -0.594. The Morgan fingerprint density at radius 2 is 1.87 bits per heavy atom. The van der Waals surface area contributed by atoms with E-state index in [4.69, 9.17) is 30.1 Å². The van der Waals surface area contributed by atoms with Crippen molar-refractivity contribution in [1.82, 2.24) is 24.6 Å². The maximum absolute atomic E-state index is 13.5. The second-order valence-electron chi connectivity index (χ2n) is 11.4. The van der Waals surface area contributed by atoms with Gasteiger partial charge >= 0.3 is 20.7 Å². The highest BCUT2D eigenvalue weighted by Crippen LogP contribution is 2.43.